The molecule has 2 aromatic carbocycles. The highest BCUT2D eigenvalue weighted by Gasteiger charge is 2.20. The Bertz CT molecular complexity index is 829. The number of hydrogen-bond acceptors (Lipinski definition) is 2. The summed E-state index contributed by atoms with van der Waals surface area (Å²) in [6.45, 7) is 0. The number of aromatic nitrogens is 2. The molecule has 20 heavy (non-hydrogen) atoms. The normalized spacial score (nSPS) is 11.2. The summed E-state index contributed by atoms with van der Waals surface area (Å²) in [5.74, 6) is -4.27. The van der Waals surface area contributed by atoms with Crippen molar-refractivity contribution in [3.63, 3.8) is 0 Å². The van der Waals surface area contributed by atoms with Crippen molar-refractivity contribution in [1.29, 1.82) is 0 Å². The summed E-state index contributed by atoms with van der Waals surface area (Å²) >= 11 is 6.04. The largest absolute Gasteiger partial charge is 0.369 e. The van der Waals surface area contributed by atoms with Gasteiger partial charge in [0.25, 0.3) is 0 Å². The summed E-state index contributed by atoms with van der Waals surface area (Å²) in [4.78, 5) is 4.02. The van der Waals surface area contributed by atoms with E-state index in [2.05, 4.69) is 4.98 Å². The minimum Gasteiger partial charge on any atom is -0.369 e. The van der Waals surface area contributed by atoms with E-state index in [1.54, 1.807) is 18.2 Å². The second-order valence-corrected chi connectivity index (χ2v) is 4.51. The average molecular weight is 298 g/mol. The van der Waals surface area contributed by atoms with E-state index in [-0.39, 0.29) is 16.7 Å². The van der Waals surface area contributed by atoms with Crippen molar-refractivity contribution >= 4 is 28.6 Å². The Morgan fingerprint density at radius 1 is 1.05 bits per heavy atom. The number of anilines is 1. The predicted molar refractivity (Wildman–Crippen MR) is 70.4 cm³/mol. The first kappa shape index (κ1) is 12.8. The molecule has 3 aromatic rings. The fourth-order valence-electron chi connectivity index (χ4n) is 2.04. The molecule has 1 aromatic heterocycles. The summed E-state index contributed by atoms with van der Waals surface area (Å²) < 4.78 is 41.4. The number of rotatable bonds is 1. The van der Waals surface area contributed by atoms with E-state index in [1.807, 2.05) is 0 Å². The monoisotopic (exact) mass is 297 g/mol. The van der Waals surface area contributed by atoms with Gasteiger partial charge in [0.1, 0.15) is 0 Å². The van der Waals surface area contributed by atoms with Crippen molar-refractivity contribution in [2.45, 2.75) is 0 Å². The number of nitrogen functional groups attached to an aromatic ring is 1. The van der Waals surface area contributed by atoms with Gasteiger partial charge in [0.15, 0.2) is 17.5 Å². The zero-order chi connectivity index (χ0) is 14.4. The van der Waals surface area contributed by atoms with Crippen molar-refractivity contribution < 1.29 is 13.2 Å². The first-order valence-corrected chi connectivity index (χ1v) is 5.95. The van der Waals surface area contributed by atoms with Crippen molar-refractivity contribution in [2.75, 3.05) is 5.73 Å². The van der Waals surface area contributed by atoms with Gasteiger partial charge in [0.2, 0.25) is 5.95 Å². The second kappa shape index (κ2) is 4.42. The molecule has 0 saturated heterocycles. The van der Waals surface area contributed by atoms with Crippen molar-refractivity contribution in [1.82, 2.24) is 9.55 Å². The summed E-state index contributed by atoms with van der Waals surface area (Å²) in [6.07, 6.45) is 0. The molecule has 0 atom stereocenters. The second-order valence-electron chi connectivity index (χ2n) is 4.11. The maximum absolute atomic E-state index is 13.9. The zero-order valence-electron chi connectivity index (χ0n) is 9.87. The Morgan fingerprint density at radius 2 is 1.80 bits per heavy atom. The maximum Gasteiger partial charge on any atom is 0.206 e. The van der Waals surface area contributed by atoms with E-state index in [1.165, 1.54) is 0 Å². The zero-order valence-corrected chi connectivity index (χ0v) is 10.6. The molecule has 0 aliphatic carbocycles. The molecular weight excluding hydrogens is 291 g/mol. The van der Waals surface area contributed by atoms with E-state index in [9.17, 15) is 13.2 Å². The number of benzene rings is 2. The van der Waals surface area contributed by atoms with E-state index in [0.29, 0.717) is 11.0 Å². The van der Waals surface area contributed by atoms with Crippen LogP contribution in [0.3, 0.4) is 0 Å². The molecule has 0 spiro atoms. The predicted octanol–water partition coefficient (Wildman–Crippen LogP) is 3.68. The average Bonchev–Trinajstić information content (AvgIpc) is 2.74. The summed E-state index contributed by atoms with van der Waals surface area (Å²) in [5.41, 5.74) is 6.23. The Hall–Kier alpha value is -2.21. The quantitative estimate of drug-likeness (QED) is 0.696. The van der Waals surface area contributed by atoms with Gasteiger partial charge in [-0.2, -0.15) is 0 Å². The molecule has 0 aliphatic rings. The van der Waals surface area contributed by atoms with Gasteiger partial charge in [0.05, 0.1) is 21.7 Å². The maximum atomic E-state index is 13.9. The molecule has 0 saturated carbocycles. The van der Waals surface area contributed by atoms with Gasteiger partial charge in [-0.15, -0.1) is 0 Å². The Balaban J connectivity index is 2.41. The lowest BCUT2D eigenvalue weighted by Gasteiger charge is -2.09. The number of halogens is 4. The molecule has 0 unspecified atom stereocenters. The molecule has 0 bridgehead atoms. The van der Waals surface area contributed by atoms with E-state index in [0.717, 1.165) is 16.7 Å². The van der Waals surface area contributed by atoms with Crippen LogP contribution in [0.2, 0.25) is 5.02 Å². The van der Waals surface area contributed by atoms with Crippen LogP contribution >= 0.6 is 11.6 Å². The number of imidazole rings is 1. The van der Waals surface area contributed by atoms with Crippen LogP contribution in [0.1, 0.15) is 0 Å². The fraction of sp³-hybridized carbons (Fsp3) is 0. The Morgan fingerprint density at radius 3 is 2.55 bits per heavy atom. The van der Waals surface area contributed by atoms with Gasteiger partial charge in [-0.1, -0.05) is 17.7 Å². The van der Waals surface area contributed by atoms with E-state index < -0.39 is 17.5 Å². The lowest BCUT2D eigenvalue weighted by Crippen LogP contribution is -2.05. The Labute approximate surface area is 116 Å². The van der Waals surface area contributed by atoms with Crippen molar-refractivity contribution in [3.05, 3.63) is 52.8 Å². The standard InChI is InChI=1S/C13H7ClF3N3/c14-6-2-1-3-8-12(6)20(13(18)19-8)9-5-4-7(15)10(16)11(9)17/h1-5H,(H2,18,19). The third kappa shape index (κ3) is 1.72. The first-order valence-electron chi connectivity index (χ1n) is 5.57. The highest BCUT2D eigenvalue weighted by atomic mass is 35.5. The van der Waals surface area contributed by atoms with Crippen LogP contribution in [0.15, 0.2) is 30.3 Å². The van der Waals surface area contributed by atoms with Crippen molar-refractivity contribution in [2.24, 2.45) is 0 Å². The minimum atomic E-state index is -1.57. The number of fused-ring (bicyclic) bond motifs is 1. The van der Waals surface area contributed by atoms with Gasteiger partial charge >= 0.3 is 0 Å². The van der Waals surface area contributed by atoms with Crippen molar-refractivity contribution in [3.8, 4) is 5.69 Å². The van der Waals surface area contributed by atoms with Gasteiger partial charge in [-0.05, 0) is 24.3 Å². The van der Waals surface area contributed by atoms with Gasteiger partial charge in [-0.25, -0.2) is 18.2 Å². The number of para-hydroxylation sites is 1. The molecule has 102 valence electrons. The molecule has 3 rings (SSSR count). The molecule has 0 fully saturated rings. The summed E-state index contributed by atoms with van der Waals surface area (Å²) in [7, 11) is 0. The number of hydrogen-bond donors (Lipinski definition) is 1. The van der Waals surface area contributed by atoms with Crippen LogP contribution in [-0.2, 0) is 0 Å². The number of nitrogens with two attached hydrogens (primary N) is 1. The summed E-state index contributed by atoms with van der Waals surface area (Å²) in [6, 6.07) is 6.75. The minimum absolute atomic E-state index is 0.0713. The lowest BCUT2D eigenvalue weighted by molar-refractivity contribution is 0.445. The highest BCUT2D eigenvalue weighted by molar-refractivity contribution is 6.35. The molecular formula is C13H7ClF3N3. The van der Waals surface area contributed by atoms with Crippen LogP contribution in [-0.4, -0.2) is 9.55 Å². The smallest absolute Gasteiger partial charge is 0.206 e. The van der Waals surface area contributed by atoms with Crippen LogP contribution in [0, 0.1) is 17.5 Å². The topological polar surface area (TPSA) is 43.8 Å². The third-order valence-corrected chi connectivity index (χ3v) is 3.21. The third-order valence-electron chi connectivity index (χ3n) is 2.91. The van der Waals surface area contributed by atoms with Gasteiger partial charge < -0.3 is 5.73 Å². The first-order chi connectivity index (χ1) is 9.50. The molecule has 3 nitrogen and oxygen atoms in total. The van der Waals surface area contributed by atoms with Crippen LogP contribution in [0.4, 0.5) is 19.1 Å². The van der Waals surface area contributed by atoms with Crippen LogP contribution in [0.25, 0.3) is 16.7 Å². The fourth-order valence-corrected chi connectivity index (χ4v) is 2.29. The Kier molecular flexibility index (Phi) is 2.83. The molecule has 1 heterocycles. The SMILES string of the molecule is Nc1nc2cccc(Cl)c2n1-c1ccc(F)c(F)c1F. The molecule has 0 aliphatic heterocycles. The number of nitrogens with zero attached hydrogens (tertiary/aromatic N) is 2. The van der Waals surface area contributed by atoms with Crippen LogP contribution < -0.4 is 5.73 Å². The molecule has 2 N–H and O–H groups in total. The van der Waals surface area contributed by atoms with Crippen LogP contribution in [0.5, 0.6) is 0 Å². The molecule has 0 amide bonds. The molecule has 0 radical (unpaired) electrons. The summed E-state index contributed by atoms with van der Waals surface area (Å²) in [5, 5.41) is 0.274. The highest BCUT2D eigenvalue weighted by Crippen LogP contribution is 2.30. The van der Waals surface area contributed by atoms with E-state index in [4.69, 9.17) is 17.3 Å². The lowest BCUT2D eigenvalue weighted by atomic mass is 10.2. The van der Waals surface area contributed by atoms with Gasteiger partial charge in [0, 0.05) is 0 Å². The van der Waals surface area contributed by atoms with Gasteiger partial charge in [-0.3, -0.25) is 4.57 Å². The van der Waals surface area contributed by atoms with E-state index >= 15 is 0 Å². The molecule has 7 heteroatoms.